The third-order valence-corrected chi connectivity index (χ3v) is 1.98. The van der Waals surface area contributed by atoms with Gasteiger partial charge in [-0.25, -0.2) is 0 Å². The topological polar surface area (TPSA) is 9.23 Å². The molecule has 106 valence electrons. The van der Waals surface area contributed by atoms with Crippen molar-refractivity contribution >= 4 is 0 Å². The quantitative estimate of drug-likeness (QED) is 0.701. The lowest BCUT2D eigenvalue weighted by molar-refractivity contribution is -0.138. The molecule has 0 aliphatic carbocycles. The number of benzene rings is 1. The molecule has 0 aromatic heterocycles. The summed E-state index contributed by atoms with van der Waals surface area (Å²) in [5.74, 6) is -0.114. The monoisotopic (exact) mass is 264 g/mol. The molecule has 0 N–H and O–H groups in total. The smallest absolute Gasteiger partial charge is 0.419 e. The van der Waals surface area contributed by atoms with Gasteiger partial charge in [-0.05, 0) is 24.1 Å². The number of alkyl halides is 3. The molecular weight excluding hydrogens is 241 g/mol. The molecule has 0 unspecified atom stereocenters. The molecule has 1 aromatic rings. The normalized spacial score (nSPS) is 9.61. The Kier molecular flexibility index (Phi) is 10.4. The standard InChI is InChI=1S/C10H11F3O.2C2H6/c1-3-7-4-5-8(10(11,12)13)9(6-7)14-2;2*1-2/h4-6H,3H2,1-2H3;2*1-2H3. The molecule has 1 aromatic carbocycles. The number of rotatable bonds is 2. The average molecular weight is 264 g/mol. The second-order valence-electron chi connectivity index (χ2n) is 2.89. The molecule has 1 nitrogen and oxygen atoms in total. The van der Waals surface area contributed by atoms with Crippen molar-refractivity contribution in [3.05, 3.63) is 29.3 Å². The first-order valence-corrected chi connectivity index (χ1v) is 6.23. The molecule has 0 amide bonds. The van der Waals surface area contributed by atoms with Gasteiger partial charge in [0.15, 0.2) is 0 Å². The van der Waals surface area contributed by atoms with Gasteiger partial charge in [-0.1, -0.05) is 40.7 Å². The van der Waals surface area contributed by atoms with E-state index in [1.54, 1.807) is 0 Å². The molecular formula is C14H23F3O. The van der Waals surface area contributed by atoms with Crippen LogP contribution in [0.25, 0.3) is 0 Å². The number of aryl methyl sites for hydroxylation is 1. The second kappa shape index (κ2) is 9.80. The molecule has 0 saturated carbocycles. The van der Waals surface area contributed by atoms with Gasteiger partial charge >= 0.3 is 6.18 Å². The van der Waals surface area contributed by atoms with E-state index in [0.717, 1.165) is 11.6 Å². The van der Waals surface area contributed by atoms with Crippen molar-refractivity contribution in [3.63, 3.8) is 0 Å². The number of hydrogen-bond donors (Lipinski definition) is 0. The maximum Gasteiger partial charge on any atom is 0.419 e. The summed E-state index contributed by atoms with van der Waals surface area (Å²) in [5.41, 5.74) is 0.104. The number of ether oxygens (including phenoxy) is 1. The Morgan fingerprint density at radius 1 is 1.06 bits per heavy atom. The van der Waals surface area contributed by atoms with Gasteiger partial charge in [0.25, 0.3) is 0 Å². The second-order valence-corrected chi connectivity index (χ2v) is 2.89. The SMILES string of the molecule is CC.CC.CCc1ccc(C(F)(F)F)c(OC)c1. The van der Waals surface area contributed by atoms with Crippen LogP contribution in [0.5, 0.6) is 5.75 Å². The Hall–Kier alpha value is -1.19. The summed E-state index contributed by atoms with van der Waals surface area (Å²) in [6, 6.07) is 3.94. The molecule has 0 aliphatic rings. The van der Waals surface area contributed by atoms with E-state index < -0.39 is 11.7 Å². The van der Waals surface area contributed by atoms with Gasteiger partial charge in [-0.3, -0.25) is 0 Å². The van der Waals surface area contributed by atoms with Gasteiger partial charge in [0.1, 0.15) is 5.75 Å². The van der Waals surface area contributed by atoms with Gasteiger partial charge in [-0.2, -0.15) is 13.2 Å². The van der Waals surface area contributed by atoms with E-state index in [1.165, 1.54) is 19.2 Å². The molecule has 0 radical (unpaired) electrons. The zero-order valence-corrected chi connectivity index (χ0v) is 12.0. The lowest BCUT2D eigenvalue weighted by Gasteiger charge is -2.12. The van der Waals surface area contributed by atoms with Crippen LogP contribution in [0, 0.1) is 0 Å². The van der Waals surface area contributed by atoms with Crippen molar-refractivity contribution in [2.75, 3.05) is 7.11 Å². The molecule has 0 fully saturated rings. The summed E-state index contributed by atoms with van der Waals surface area (Å²) in [7, 11) is 1.24. The van der Waals surface area contributed by atoms with Gasteiger partial charge in [0.2, 0.25) is 0 Å². The van der Waals surface area contributed by atoms with Crippen molar-refractivity contribution in [2.24, 2.45) is 0 Å². The lowest BCUT2D eigenvalue weighted by atomic mass is 10.1. The molecule has 0 bridgehead atoms. The summed E-state index contributed by atoms with van der Waals surface area (Å²) in [5, 5.41) is 0. The van der Waals surface area contributed by atoms with E-state index in [2.05, 4.69) is 0 Å². The van der Waals surface area contributed by atoms with E-state index in [4.69, 9.17) is 4.74 Å². The molecule has 0 saturated heterocycles. The Labute approximate surface area is 108 Å². The van der Waals surface area contributed by atoms with Crippen molar-refractivity contribution in [1.29, 1.82) is 0 Å². The number of hydrogen-bond acceptors (Lipinski definition) is 1. The fraction of sp³-hybridized carbons (Fsp3) is 0.571. The van der Waals surface area contributed by atoms with Crippen LogP contribution in [0.15, 0.2) is 18.2 Å². The van der Waals surface area contributed by atoms with Crippen LogP contribution in [0.1, 0.15) is 45.7 Å². The van der Waals surface area contributed by atoms with Crippen LogP contribution in [0.2, 0.25) is 0 Å². The molecule has 1 rings (SSSR count). The summed E-state index contributed by atoms with van der Waals surface area (Å²) >= 11 is 0. The van der Waals surface area contributed by atoms with Crippen LogP contribution in [-0.4, -0.2) is 7.11 Å². The third kappa shape index (κ3) is 5.94. The third-order valence-electron chi connectivity index (χ3n) is 1.98. The maximum absolute atomic E-state index is 12.4. The Morgan fingerprint density at radius 2 is 1.56 bits per heavy atom. The summed E-state index contributed by atoms with van der Waals surface area (Å²) in [4.78, 5) is 0. The summed E-state index contributed by atoms with van der Waals surface area (Å²) < 4.78 is 41.9. The highest BCUT2D eigenvalue weighted by Crippen LogP contribution is 2.36. The van der Waals surface area contributed by atoms with Crippen molar-refractivity contribution < 1.29 is 17.9 Å². The number of methoxy groups -OCH3 is 1. The molecule has 0 heterocycles. The van der Waals surface area contributed by atoms with Crippen LogP contribution in [0.3, 0.4) is 0 Å². The average Bonchev–Trinajstić information content (AvgIpc) is 2.41. The Morgan fingerprint density at radius 3 is 1.89 bits per heavy atom. The lowest BCUT2D eigenvalue weighted by Crippen LogP contribution is -2.07. The molecule has 0 atom stereocenters. The first kappa shape index (κ1) is 19.2. The molecule has 0 aliphatic heterocycles. The number of halogens is 3. The van der Waals surface area contributed by atoms with Crippen LogP contribution >= 0.6 is 0 Å². The minimum absolute atomic E-state index is 0.114. The molecule has 4 heteroatoms. The zero-order valence-electron chi connectivity index (χ0n) is 12.0. The highest BCUT2D eigenvalue weighted by molar-refractivity contribution is 5.39. The van der Waals surface area contributed by atoms with Gasteiger partial charge in [0, 0.05) is 0 Å². The predicted octanol–water partition coefficient (Wildman–Crippen LogP) is 5.33. The fourth-order valence-electron chi connectivity index (χ4n) is 1.19. The highest BCUT2D eigenvalue weighted by atomic mass is 19.4. The van der Waals surface area contributed by atoms with Crippen molar-refractivity contribution in [3.8, 4) is 5.75 Å². The maximum atomic E-state index is 12.4. The first-order valence-electron chi connectivity index (χ1n) is 6.23. The van der Waals surface area contributed by atoms with Gasteiger partial charge in [0.05, 0.1) is 12.7 Å². The minimum Gasteiger partial charge on any atom is -0.496 e. The predicted molar refractivity (Wildman–Crippen MR) is 70.1 cm³/mol. The van der Waals surface area contributed by atoms with Crippen molar-refractivity contribution in [2.45, 2.75) is 47.2 Å². The summed E-state index contributed by atoms with van der Waals surface area (Å²) in [6.07, 6.45) is -3.66. The van der Waals surface area contributed by atoms with Crippen LogP contribution in [0.4, 0.5) is 13.2 Å². The highest BCUT2D eigenvalue weighted by Gasteiger charge is 2.34. The molecule has 0 spiro atoms. The van der Waals surface area contributed by atoms with Gasteiger partial charge in [-0.15, -0.1) is 0 Å². The first-order chi connectivity index (χ1) is 8.49. The largest absolute Gasteiger partial charge is 0.496 e. The van der Waals surface area contributed by atoms with E-state index in [-0.39, 0.29) is 5.75 Å². The minimum atomic E-state index is -4.35. The molecule has 18 heavy (non-hydrogen) atoms. The zero-order chi connectivity index (χ0) is 14.8. The fourth-order valence-corrected chi connectivity index (χ4v) is 1.19. The summed E-state index contributed by atoms with van der Waals surface area (Å²) in [6.45, 7) is 9.88. The van der Waals surface area contributed by atoms with E-state index in [1.807, 2.05) is 34.6 Å². The van der Waals surface area contributed by atoms with E-state index in [9.17, 15) is 13.2 Å². The van der Waals surface area contributed by atoms with Crippen LogP contribution < -0.4 is 4.74 Å². The Balaban J connectivity index is 0. The van der Waals surface area contributed by atoms with Gasteiger partial charge < -0.3 is 4.74 Å². The van der Waals surface area contributed by atoms with E-state index in [0.29, 0.717) is 6.42 Å². The van der Waals surface area contributed by atoms with Crippen molar-refractivity contribution in [1.82, 2.24) is 0 Å². The Bertz CT molecular complexity index is 319. The van der Waals surface area contributed by atoms with Crippen LogP contribution in [-0.2, 0) is 12.6 Å². The van der Waals surface area contributed by atoms with E-state index >= 15 is 0 Å².